The molecule has 21 heavy (non-hydrogen) atoms. The Morgan fingerprint density at radius 1 is 1.38 bits per heavy atom. The van der Waals surface area contributed by atoms with Gasteiger partial charge in [-0.2, -0.15) is 0 Å². The van der Waals surface area contributed by atoms with E-state index < -0.39 is 14.9 Å². The van der Waals surface area contributed by atoms with Gasteiger partial charge in [0.05, 0.1) is 10.6 Å². The van der Waals surface area contributed by atoms with Crippen LogP contribution in [0.25, 0.3) is 0 Å². The summed E-state index contributed by atoms with van der Waals surface area (Å²) in [5.41, 5.74) is 0.0625. The van der Waals surface area contributed by atoms with Gasteiger partial charge in [-0.1, -0.05) is 0 Å². The highest BCUT2D eigenvalue weighted by molar-refractivity contribution is 7.89. The van der Waals surface area contributed by atoms with E-state index in [2.05, 4.69) is 0 Å². The molecule has 1 heterocycles. The second-order valence-corrected chi connectivity index (χ2v) is 6.60. The van der Waals surface area contributed by atoms with Crippen LogP contribution in [0.15, 0.2) is 23.1 Å². The van der Waals surface area contributed by atoms with E-state index in [1.165, 1.54) is 12.1 Å². The summed E-state index contributed by atoms with van der Waals surface area (Å²) in [4.78, 5) is 11.7. The number of aliphatic hydroxyl groups excluding tert-OH is 1. The van der Waals surface area contributed by atoms with Crippen molar-refractivity contribution in [2.45, 2.75) is 17.7 Å². The van der Waals surface area contributed by atoms with Gasteiger partial charge in [-0.15, -0.1) is 0 Å². The molecule has 0 atom stereocenters. The molecular weight excluding hydrogens is 298 g/mol. The second-order valence-electron chi connectivity index (χ2n) is 5.07. The maximum atomic E-state index is 11.7. The molecule has 1 aliphatic heterocycles. The van der Waals surface area contributed by atoms with Crippen LogP contribution >= 0.6 is 0 Å². The number of anilines is 1. The molecule has 0 aliphatic carbocycles. The summed E-state index contributed by atoms with van der Waals surface area (Å²) in [6, 6.07) is 3.67. The van der Waals surface area contributed by atoms with E-state index in [9.17, 15) is 18.5 Å². The Morgan fingerprint density at radius 2 is 2.00 bits per heavy atom. The molecule has 1 fully saturated rings. The summed E-state index contributed by atoms with van der Waals surface area (Å²) in [6.45, 7) is 1.26. The van der Waals surface area contributed by atoms with Gasteiger partial charge < -0.3 is 10.0 Å². The van der Waals surface area contributed by atoms with Crippen molar-refractivity contribution in [2.24, 2.45) is 11.1 Å². The lowest BCUT2D eigenvalue weighted by Crippen LogP contribution is -2.36. The number of benzene rings is 1. The van der Waals surface area contributed by atoms with Gasteiger partial charge >= 0.3 is 0 Å². The van der Waals surface area contributed by atoms with Crippen molar-refractivity contribution in [1.29, 1.82) is 0 Å². The van der Waals surface area contributed by atoms with E-state index in [0.29, 0.717) is 18.8 Å². The molecule has 0 bridgehead atoms. The van der Waals surface area contributed by atoms with E-state index in [-0.39, 0.29) is 23.1 Å². The van der Waals surface area contributed by atoms with Crippen molar-refractivity contribution in [2.75, 3.05) is 24.6 Å². The normalized spacial score (nSPS) is 17.0. The number of piperidine rings is 1. The largest absolute Gasteiger partial charge is 0.396 e. The predicted octanol–water partition coefficient (Wildman–Crippen LogP) is 0.451. The maximum absolute atomic E-state index is 11.7. The first-order chi connectivity index (χ1) is 9.82. The topological polar surface area (TPSA) is 127 Å². The number of sulfonamides is 1. The Hall–Kier alpha value is -1.71. The zero-order valence-electron chi connectivity index (χ0n) is 11.3. The highest BCUT2D eigenvalue weighted by atomic mass is 32.2. The van der Waals surface area contributed by atoms with Gasteiger partial charge in [0.25, 0.3) is 5.69 Å². The zero-order chi connectivity index (χ0) is 15.6. The predicted molar refractivity (Wildman–Crippen MR) is 76.5 cm³/mol. The standard InChI is InChI=1S/C12H17N3O5S/c13-21(19,20)12-7-10(15(17)18)1-2-11(12)14-5-3-9(8-16)4-6-14/h1-2,7,9,16H,3-6,8H2,(H2,13,19,20). The molecule has 0 amide bonds. The van der Waals surface area contributed by atoms with E-state index in [4.69, 9.17) is 10.2 Å². The van der Waals surface area contributed by atoms with Crippen LogP contribution in [0.1, 0.15) is 12.8 Å². The van der Waals surface area contributed by atoms with E-state index >= 15 is 0 Å². The minimum absolute atomic E-state index is 0.107. The third-order valence-corrected chi connectivity index (χ3v) is 4.61. The number of nitro benzene ring substituents is 1. The summed E-state index contributed by atoms with van der Waals surface area (Å²) in [6.07, 6.45) is 1.47. The molecule has 8 nitrogen and oxygen atoms in total. The molecule has 3 N–H and O–H groups in total. The van der Waals surface area contributed by atoms with E-state index in [0.717, 1.165) is 18.9 Å². The number of nitrogens with two attached hydrogens (primary N) is 1. The maximum Gasteiger partial charge on any atom is 0.270 e. The van der Waals surface area contributed by atoms with Gasteiger partial charge in [0.2, 0.25) is 10.0 Å². The number of nitrogens with zero attached hydrogens (tertiary/aromatic N) is 2. The molecule has 0 saturated carbocycles. The molecule has 9 heteroatoms. The molecule has 2 rings (SSSR count). The van der Waals surface area contributed by atoms with Crippen LogP contribution in [-0.2, 0) is 10.0 Å². The van der Waals surface area contributed by atoms with Gasteiger partial charge in [-0.3, -0.25) is 10.1 Å². The fraction of sp³-hybridized carbons (Fsp3) is 0.500. The van der Waals surface area contributed by atoms with Crippen molar-refractivity contribution in [1.82, 2.24) is 0 Å². The van der Waals surface area contributed by atoms with Gasteiger partial charge in [-0.05, 0) is 24.8 Å². The Morgan fingerprint density at radius 3 is 2.48 bits per heavy atom. The summed E-state index contributed by atoms with van der Waals surface area (Å²) < 4.78 is 23.4. The summed E-state index contributed by atoms with van der Waals surface area (Å²) >= 11 is 0. The number of hydrogen-bond acceptors (Lipinski definition) is 6. The van der Waals surface area contributed by atoms with Crippen molar-refractivity contribution in [3.63, 3.8) is 0 Å². The molecule has 1 saturated heterocycles. The van der Waals surface area contributed by atoms with Gasteiger partial charge in [0.1, 0.15) is 4.90 Å². The van der Waals surface area contributed by atoms with Crippen LogP contribution in [0, 0.1) is 16.0 Å². The lowest BCUT2D eigenvalue weighted by Gasteiger charge is -2.33. The molecule has 1 aliphatic rings. The number of hydrogen-bond donors (Lipinski definition) is 2. The average molecular weight is 315 g/mol. The highest BCUT2D eigenvalue weighted by Crippen LogP contribution is 2.31. The van der Waals surface area contributed by atoms with Crippen LogP contribution in [0.3, 0.4) is 0 Å². The number of rotatable bonds is 4. The molecule has 0 aromatic heterocycles. The number of nitro groups is 1. The first-order valence-electron chi connectivity index (χ1n) is 6.50. The van der Waals surface area contributed by atoms with Crippen LogP contribution in [-0.4, -0.2) is 38.1 Å². The Bertz CT molecular complexity index is 638. The third kappa shape index (κ3) is 3.49. The van der Waals surface area contributed by atoms with E-state index in [1.807, 2.05) is 4.90 Å². The molecule has 0 spiro atoms. The van der Waals surface area contributed by atoms with Gasteiger partial charge in [-0.25, -0.2) is 13.6 Å². The summed E-state index contributed by atoms with van der Waals surface area (Å²) in [5.74, 6) is 0.206. The number of non-ortho nitro benzene ring substituents is 1. The minimum atomic E-state index is -4.05. The van der Waals surface area contributed by atoms with Crippen molar-refractivity contribution in [3.05, 3.63) is 28.3 Å². The average Bonchev–Trinajstić information content (AvgIpc) is 2.46. The molecule has 1 aromatic rings. The van der Waals surface area contributed by atoms with Crippen molar-refractivity contribution in [3.8, 4) is 0 Å². The number of aliphatic hydroxyl groups is 1. The van der Waals surface area contributed by atoms with Gasteiger partial charge in [0.15, 0.2) is 0 Å². The van der Waals surface area contributed by atoms with Gasteiger partial charge in [0, 0.05) is 31.8 Å². The molecular formula is C12H17N3O5S. The van der Waals surface area contributed by atoms with Crippen LogP contribution < -0.4 is 10.0 Å². The van der Waals surface area contributed by atoms with Crippen molar-refractivity contribution >= 4 is 21.4 Å². The first-order valence-corrected chi connectivity index (χ1v) is 8.04. The summed E-state index contributed by atoms with van der Waals surface area (Å²) in [7, 11) is -4.05. The lowest BCUT2D eigenvalue weighted by atomic mass is 9.97. The minimum Gasteiger partial charge on any atom is -0.396 e. The SMILES string of the molecule is NS(=O)(=O)c1cc([N+](=O)[O-])ccc1N1CCC(CO)CC1. The third-order valence-electron chi connectivity index (χ3n) is 3.67. The smallest absolute Gasteiger partial charge is 0.270 e. The lowest BCUT2D eigenvalue weighted by molar-refractivity contribution is -0.385. The number of primary sulfonamides is 1. The van der Waals surface area contributed by atoms with Crippen molar-refractivity contribution < 1.29 is 18.4 Å². The van der Waals surface area contributed by atoms with E-state index in [1.54, 1.807) is 0 Å². The first kappa shape index (κ1) is 15.7. The van der Waals surface area contributed by atoms with Crippen LogP contribution in [0.4, 0.5) is 11.4 Å². The quantitative estimate of drug-likeness (QED) is 0.613. The second kappa shape index (κ2) is 5.96. The zero-order valence-corrected chi connectivity index (χ0v) is 12.1. The molecule has 1 aromatic carbocycles. The Labute approximate surface area is 122 Å². The Kier molecular flexibility index (Phi) is 4.45. The molecule has 116 valence electrons. The van der Waals surface area contributed by atoms with Crippen LogP contribution in [0.5, 0.6) is 0 Å². The fourth-order valence-electron chi connectivity index (χ4n) is 2.46. The molecule has 0 radical (unpaired) electrons. The summed E-state index contributed by atoms with van der Waals surface area (Å²) in [5, 5.41) is 25.1. The Balaban J connectivity index is 2.37. The molecule has 0 unspecified atom stereocenters. The highest BCUT2D eigenvalue weighted by Gasteiger charge is 2.25. The van der Waals surface area contributed by atoms with Crippen LogP contribution in [0.2, 0.25) is 0 Å². The fourth-order valence-corrected chi connectivity index (χ4v) is 3.24. The monoisotopic (exact) mass is 315 g/mol.